The van der Waals surface area contributed by atoms with Gasteiger partial charge in [0.25, 0.3) is 5.56 Å². The van der Waals surface area contributed by atoms with Crippen molar-refractivity contribution < 1.29 is 0 Å². The standard InChI is InChI=1S/C21H22ClN3O/c22-20-6-2-1-4-16(20)13-25-11-3-5-18(14-25)24-17-7-8-19-15(12-17)9-10-23-21(19)26/h1-2,4,6-10,12,18,24H,3,5,11,13-14H2,(H,23,26)/t18-/m1/s1. The lowest BCUT2D eigenvalue weighted by Crippen LogP contribution is -2.41. The number of likely N-dealkylation sites (tertiary alicyclic amines) is 1. The molecule has 4 rings (SSSR count). The maximum absolute atomic E-state index is 11.8. The number of pyridine rings is 1. The number of fused-ring (bicyclic) bond motifs is 1. The van der Waals surface area contributed by atoms with E-state index >= 15 is 0 Å². The molecule has 2 heterocycles. The molecule has 0 bridgehead atoms. The second-order valence-corrected chi connectivity index (χ2v) is 7.33. The van der Waals surface area contributed by atoms with Crippen LogP contribution in [0.2, 0.25) is 5.02 Å². The van der Waals surface area contributed by atoms with Crippen molar-refractivity contribution >= 4 is 28.1 Å². The highest BCUT2D eigenvalue weighted by molar-refractivity contribution is 6.31. The Balaban J connectivity index is 1.45. The largest absolute Gasteiger partial charge is 0.381 e. The number of benzene rings is 2. The normalized spacial score (nSPS) is 18.1. The van der Waals surface area contributed by atoms with Crippen LogP contribution >= 0.6 is 11.6 Å². The van der Waals surface area contributed by atoms with Crippen molar-refractivity contribution in [3.05, 3.63) is 75.7 Å². The number of rotatable bonds is 4. The first-order valence-electron chi connectivity index (χ1n) is 9.03. The molecule has 0 saturated carbocycles. The second-order valence-electron chi connectivity index (χ2n) is 6.92. The monoisotopic (exact) mass is 367 g/mol. The maximum atomic E-state index is 11.8. The zero-order valence-corrected chi connectivity index (χ0v) is 15.3. The summed E-state index contributed by atoms with van der Waals surface area (Å²) < 4.78 is 0. The Morgan fingerprint density at radius 2 is 2.08 bits per heavy atom. The molecule has 5 heteroatoms. The molecule has 4 nitrogen and oxygen atoms in total. The van der Waals surface area contributed by atoms with E-state index in [4.69, 9.17) is 11.6 Å². The lowest BCUT2D eigenvalue weighted by Gasteiger charge is -2.34. The molecular weight excluding hydrogens is 346 g/mol. The van der Waals surface area contributed by atoms with Crippen LogP contribution in [0.15, 0.2) is 59.5 Å². The van der Waals surface area contributed by atoms with Crippen LogP contribution in [-0.2, 0) is 6.54 Å². The van der Waals surface area contributed by atoms with Gasteiger partial charge < -0.3 is 10.3 Å². The van der Waals surface area contributed by atoms with Gasteiger partial charge in [0.15, 0.2) is 0 Å². The zero-order valence-electron chi connectivity index (χ0n) is 14.5. The van der Waals surface area contributed by atoms with Crippen LogP contribution in [0.1, 0.15) is 18.4 Å². The Bertz CT molecular complexity index is 969. The van der Waals surface area contributed by atoms with Crippen molar-refractivity contribution in [2.24, 2.45) is 0 Å². The van der Waals surface area contributed by atoms with E-state index in [0.29, 0.717) is 6.04 Å². The molecule has 1 fully saturated rings. The summed E-state index contributed by atoms with van der Waals surface area (Å²) in [6.45, 7) is 2.96. The van der Waals surface area contributed by atoms with Gasteiger partial charge in [-0.25, -0.2) is 0 Å². The van der Waals surface area contributed by atoms with Crippen LogP contribution in [0, 0.1) is 0 Å². The fraction of sp³-hybridized carbons (Fsp3) is 0.286. The van der Waals surface area contributed by atoms with E-state index in [1.54, 1.807) is 6.20 Å². The molecule has 1 aliphatic heterocycles. The third kappa shape index (κ3) is 3.76. The van der Waals surface area contributed by atoms with Gasteiger partial charge in [0.05, 0.1) is 0 Å². The number of aromatic amines is 1. The molecule has 1 aromatic heterocycles. The van der Waals surface area contributed by atoms with Gasteiger partial charge in [-0.15, -0.1) is 0 Å². The second kappa shape index (κ2) is 7.52. The summed E-state index contributed by atoms with van der Waals surface area (Å²) in [6.07, 6.45) is 4.00. The molecule has 0 radical (unpaired) electrons. The van der Waals surface area contributed by atoms with Crippen molar-refractivity contribution in [3.63, 3.8) is 0 Å². The highest BCUT2D eigenvalue weighted by Crippen LogP contribution is 2.22. The van der Waals surface area contributed by atoms with Crippen molar-refractivity contribution in [3.8, 4) is 0 Å². The molecule has 134 valence electrons. The summed E-state index contributed by atoms with van der Waals surface area (Å²) in [5, 5.41) is 6.16. The lowest BCUT2D eigenvalue weighted by atomic mass is 10.0. The lowest BCUT2D eigenvalue weighted by molar-refractivity contribution is 0.208. The Hall–Kier alpha value is -2.30. The fourth-order valence-corrected chi connectivity index (χ4v) is 3.90. The van der Waals surface area contributed by atoms with Gasteiger partial charge in [0.1, 0.15) is 0 Å². The average molecular weight is 368 g/mol. The number of hydrogen-bond donors (Lipinski definition) is 2. The van der Waals surface area contributed by atoms with Crippen LogP contribution in [0.5, 0.6) is 0 Å². The van der Waals surface area contributed by atoms with Crippen LogP contribution in [0.25, 0.3) is 10.8 Å². The number of piperidine rings is 1. The third-order valence-electron chi connectivity index (χ3n) is 5.00. The highest BCUT2D eigenvalue weighted by atomic mass is 35.5. The predicted molar refractivity (Wildman–Crippen MR) is 108 cm³/mol. The van der Waals surface area contributed by atoms with Gasteiger partial charge in [0, 0.05) is 41.4 Å². The van der Waals surface area contributed by atoms with Crippen LogP contribution < -0.4 is 10.9 Å². The Morgan fingerprint density at radius 3 is 2.96 bits per heavy atom. The van der Waals surface area contributed by atoms with Gasteiger partial charge in [-0.05, 0) is 60.7 Å². The molecular formula is C21H22ClN3O. The Kier molecular flexibility index (Phi) is 4.96. The number of hydrogen-bond acceptors (Lipinski definition) is 3. The first-order valence-corrected chi connectivity index (χ1v) is 9.40. The van der Waals surface area contributed by atoms with Crippen molar-refractivity contribution in [2.45, 2.75) is 25.4 Å². The number of aromatic nitrogens is 1. The van der Waals surface area contributed by atoms with E-state index in [-0.39, 0.29) is 5.56 Å². The van der Waals surface area contributed by atoms with E-state index in [1.807, 2.05) is 36.4 Å². The van der Waals surface area contributed by atoms with E-state index in [2.05, 4.69) is 27.3 Å². The molecule has 1 aliphatic rings. The highest BCUT2D eigenvalue weighted by Gasteiger charge is 2.20. The maximum Gasteiger partial charge on any atom is 0.255 e. The molecule has 2 N–H and O–H groups in total. The van der Waals surface area contributed by atoms with Crippen molar-refractivity contribution in [1.82, 2.24) is 9.88 Å². The first-order chi connectivity index (χ1) is 12.7. The molecule has 3 aromatic rings. The average Bonchev–Trinajstić information content (AvgIpc) is 2.64. The van der Waals surface area contributed by atoms with Gasteiger partial charge >= 0.3 is 0 Å². The molecule has 0 spiro atoms. The fourth-order valence-electron chi connectivity index (χ4n) is 3.70. The Morgan fingerprint density at radius 1 is 1.19 bits per heavy atom. The summed E-state index contributed by atoms with van der Waals surface area (Å²) in [5.41, 5.74) is 2.20. The van der Waals surface area contributed by atoms with Crippen molar-refractivity contribution in [1.29, 1.82) is 0 Å². The zero-order chi connectivity index (χ0) is 17.9. The predicted octanol–water partition coefficient (Wildman–Crippen LogP) is 4.26. The smallest absolute Gasteiger partial charge is 0.255 e. The minimum atomic E-state index is -0.0439. The topological polar surface area (TPSA) is 48.1 Å². The quantitative estimate of drug-likeness (QED) is 0.724. The van der Waals surface area contributed by atoms with Gasteiger partial charge in [-0.2, -0.15) is 0 Å². The van der Waals surface area contributed by atoms with E-state index in [0.717, 1.165) is 54.0 Å². The molecule has 1 atom stereocenters. The number of anilines is 1. The molecule has 0 unspecified atom stereocenters. The van der Waals surface area contributed by atoms with E-state index < -0.39 is 0 Å². The number of halogens is 1. The summed E-state index contributed by atoms with van der Waals surface area (Å²) in [4.78, 5) is 17.0. The summed E-state index contributed by atoms with van der Waals surface area (Å²) in [5.74, 6) is 0. The summed E-state index contributed by atoms with van der Waals surface area (Å²) >= 11 is 6.31. The molecule has 0 amide bonds. The minimum Gasteiger partial charge on any atom is -0.381 e. The summed E-state index contributed by atoms with van der Waals surface area (Å²) in [6, 6.07) is 16.3. The SMILES string of the molecule is O=c1[nH]ccc2cc(N[C@@H]3CCCN(Cc4ccccc4Cl)C3)ccc12. The Labute approximate surface area is 157 Å². The van der Waals surface area contributed by atoms with Gasteiger partial charge in [-0.1, -0.05) is 29.8 Å². The number of nitrogens with one attached hydrogen (secondary N) is 2. The third-order valence-corrected chi connectivity index (χ3v) is 5.37. The molecule has 26 heavy (non-hydrogen) atoms. The first kappa shape index (κ1) is 17.1. The van der Waals surface area contributed by atoms with Gasteiger partial charge in [-0.3, -0.25) is 9.69 Å². The van der Waals surface area contributed by atoms with Crippen LogP contribution in [-0.4, -0.2) is 29.0 Å². The van der Waals surface area contributed by atoms with Gasteiger partial charge in [0.2, 0.25) is 0 Å². The molecule has 1 saturated heterocycles. The van der Waals surface area contributed by atoms with Crippen molar-refractivity contribution in [2.75, 3.05) is 18.4 Å². The van der Waals surface area contributed by atoms with Crippen LogP contribution in [0.3, 0.4) is 0 Å². The number of nitrogens with zero attached hydrogens (tertiary/aromatic N) is 1. The molecule has 2 aromatic carbocycles. The molecule has 0 aliphatic carbocycles. The van der Waals surface area contributed by atoms with Crippen LogP contribution in [0.4, 0.5) is 5.69 Å². The number of H-pyrrole nitrogens is 1. The minimum absolute atomic E-state index is 0.0439. The van der Waals surface area contributed by atoms with E-state index in [9.17, 15) is 4.79 Å². The summed E-state index contributed by atoms with van der Waals surface area (Å²) in [7, 11) is 0. The van der Waals surface area contributed by atoms with E-state index in [1.165, 1.54) is 5.56 Å².